The summed E-state index contributed by atoms with van der Waals surface area (Å²) in [4.78, 5) is 0. The lowest BCUT2D eigenvalue weighted by atomic mass is 9.85. The first-order chi connectivity index (χ1) is 8.19. The molecule has 1 N–H and O–H groups in total. The van der Waals surface area contributed by atoms with Crippen molar-refractivity contribution in [2.45, 2.75) is 38.2 Å². The highest BCUT2D eigenvalue weighted by molar-refractivity contribution is 5.85. The van der Waals surface area contributed by atoms with E-state index in [1.54, 1.807) is 0 Å². The predicted octanol–water partition coefficient (Wildman–Crippen LogP) is 4.11. The van der Waals surface area contributed by atoms with Crippen molar-refractivity contribution in [2.75, 3.05) is 12.4 Å². The van der Waals surface area contributed by atoms with Crippen LogP contribution >= 0.6 is 12.4 Å². The Labute approximate surface area is 116 Å². The molecule has 3 rings (SSSR count). The first-order valence-electron chi connectivity index (χ1n) is 6.66. The minimum absolute atomic E-state index is 0. The standard InChI is InChI=1S/C15H21NO.ClH/c1-15(10-11-3-4-12(15)9-11)17-14-7-5-13(16-2)6-8-14;/h5-8,11-12,16H,3-4,9-10H2,1-2H3;1H. The fourth-order valence-electron chi connectivity index (χ4n) is 3.64. The van der Waals surface area contributed by atoms with E-state index in [1.807, 2.05) is 7.05 Å². The van der Waals surface area contributed by atoms with Crippen molar-refractivity contribution in [1.29, 1.82) is 0 Å². The van der Waals surface area contributed by atoms with Crippen LogP contribution in [0.25, 0.3) is 0 Å². The average molecular weight is 268 g/mol. The molecule has 3 unspecified atom stereocenters. The maximum atomic E-state index is 6.27. The lowest BCUT2D eigenvalue weighted by Crippen LogP contribution is -2.38. The second-order valence-corrected chi connectivity index (χ2v) is 5.77. The summed E-state index contributed by atoms with van der Waals surface area (Å²) in [5.74, 6) is 2.71. The van der Waals surface area contributed by atoms with Gasteiger partial charge in [0, 0.05) is 12.7 Å². The van der Waals surface area contributed by atoms with Crippen molar-refractivity contribution in [3.63, 3.8) is 0 Å². The molecule has 2 fully saturated rings. The Morgan fingerprint density at radius 3 is 2.44 bits per heavy atom. The van der Waals surface area contributed by atoms with Crippen LogP contribution in [0.5, 0.6) is 5.75 Å². The van der Waals surface area contributed by atoms with E-state index in [0.717, 1.165) is 23.3 Å². The monoisotopic (exact) mass is 267 g/mol. The number of nitrogens with one attached hydrogen (secondary N) is 1. The van der Waals surface area contributed by atoms with Crippen molar-refractivity contribution in [1.82, 2.24) is 0 Å². The van der Waals surface area contributed by atoms with Crippen molar-refractivity contribution in [3.8, 4) is 5.75 Å². The molecule has 2 aliphatic rings. The van der Waals surface area contributed by atoms with Crippen LogP contribution in [0, 0.1) is 11.8 Å². The van der Waals surface area contributed by atoms with Gasteiger partial charge < -0.3 is 10.1 Å². The third-order valence-electron chi connectivity index (χ3n) is 4.59. The maximum Gasteiger partial charge on any atom is 0.120 e. The molecule has 0 aromatic heterocycles. The quantitative estimate of drug-likeness (QED) is 0.890. The highest BCUT2D eigenvalue weighted by atomic mass is 35.5. The molecule has 0 radical (unpaired) electrons. The molecule has 2 saturated carbocycles. The molecule has 1 aromatic rings. The van der Waals surface area contributed by atoms with E-state index in [9.17, 15) is 0 Å². The third kappa shape index (κ3) is 2.31. The predicted molar refractivity (Wildman–Crippen MR) is 77.7 cm³/mol. The zero-order valence-electron chi connectivity index (χ0n) is 11.1. The summed E-state index contributed by atoms with van der Waals surface area (Å²) in [7, 11) is 1.94. The molecule has 0 spiro atoms. The summed E-state index contributed by atoms with van der Waals surface area (Å²) in [6, 6.07) is 8.30. The number of hydrogen-bond acceptors (Lipinski definition) is 2. The van der Waals surface area contributed by atoms with Crippen LogP contribution in [0.2, 0.25) is 0 Å². The maximum absolute atomic E-state index is 6.27. The van der Waals surface area contributed by atoms with Gasteiger partial charge in [-0.15, -0.1) is 12.4 Å². The van der Waals surface area contributed by atoms with E-state index in [4.69, 9.17) is 4.74 Å². The Kier molecular flexibility index (Phi) is 3.76. The SMILES string of the molecule is CNc1ccc(OC2(C)CC3CCC2C3)cc1.Cl. The van der Waals surface area contributed by atoms with Gasteiger partial charge in [-0.2, -0.15) is 0 Å². The lowest BCUT2D eigenvalue weighted by molar-refractivity contribution is 0.0314. The largest absolute Gasteiger partial charge is 0.487 e. The summed E-state index contributed by atoms with van der Waals surface area (Å²) in [6.07, 6.45) is 5.40. The molecule has 18 heavy (non-hydrogen) atoms. The van der Waals surface area contributed by atoms with Crippen LogP contribution in [0.4, 0.5) is 5.69 Å². The van der Waals surface area contributed by atoms with E-state index >= 15 is 0 Å². The van der Waals surface area contributed by atoms with Gasteiger partial charge in [0.05, 0.1) is 0 Å². The fourth-order valence-corrected chi connectivity index (χ4v) is 3.64. The molecular formula is C15H22ClNO. The summed E-state index contributed by atoms with van der Waals surface area (Å²) in [6.45, 7) is 2.29. The lowest BCUT2D eigenvalue weighted by Gasteiger charge is -2.34. The van der Waals surface area contributed by atoms with Crippen LogP contribution in [0.1, 0.15) is 32.6 Å². The molecule has 2 bridgehead atoms. The average Bonchev–Trinajstić information content (AvgIpc) is 2.89. The Bertz CT molecular complexity index is 405. The molecule has 3 heteroatoms. The van der Waals surface area contributed by atoms with E-state index in [2.05, 4.69) is 36.5 Å². The van der Waals surface area contributed by atoms with Crippen LogP contribution in [-0.2, 0) is 0 Å². The summed E-state index contributed by atoms with van der Waals surface area (Å²) < 4.78 is 6.27. The number of benzene rings is 1. The first-order valence-corrected chi connectivity index (χ1v) is 6.66. The number of ether oxygens (including phenoxy) is 1. The molecule has 2 nitrogen and oxygen atoms in total. The van der Waals surface area contributed by atoms with Crippen LogP contribution in [-0.4, -0.2) is 12.6 Å². The van der Waals surface area contributed by atoms with Gasteiger partial charge >= 0.3 is 0 Å². The molecular weight excluding hydrogens is 246 g/mol. The molecule has 2 aliphatic carbocycles. The summed E-state index contributed by atoms with van der Waals surface area (Å²) in [5, 5.41) is 3.13. The van der Waals surface area contributed by atoms with Gasteiger partial charge in [-0.1, -0.05) is 0 Å². The second kappa shape index (κ2) is 5.00. The molecule has 0 aliphatic heterocycles. The first kappa shape index (κ1) is 13.5. The summed E-state index contributed by atoms with van der Waals surface area (Å²) in [5.41, 5.74) is 1.22. The summed E-state index contributed by atoms with van der Waals surface area (Å²) >= 11 is 0. The molecule has 100 valence electrons. The van der Waals surface area contributed by atoms with Crippen molar-refractivity contribution >= 4 is 18.1 Å². The van der Waals surface area contributed by atoms with E-state index in [-0.39, 0.29) is 18.0 Å². The zero-order valence-corrected chi connectivity index (χ0v) is 11.9. The smallest absolute Gasteiger partial charge is 0.120 e. The molecule has 1 aromatic carbocycles. The Hall–Kier alpha value is -0.890. The van der Waals surface area contributed by atoms with Gasteiger partial charge in [0.2, 0.25) is 0 Å². The number of fused-ring (bicyclic) bond motifs is 2. The van der Waals surface area contributed by atoms with Crippen molar-refractivity contribution in [3.05, 3.63) is 24.3 Å². The van der Waals surface area contributed by atoms with Gasteiger partial charge in [0.15, 0.2) is 0 Å². The Morgan fingerprint density at radius 2 is 1.94 bits per heavy atom. The molecule has 0 amide bonds. The van der Waals surface area contributed by atoms with Crippen LogP contribution in [0.3, 0.4) is 0 Å². The van der Waals surface area contributed by atoms with E-state index in [1.165, 1.54) is 25.7 Å². The van der Waals surface area contributed by atoms with Gasteiger partial charge in [0.25, 0.3) is 0 Å². The van der Waals surface area contributed by atoms with E-state index < -0.39 is 0 Å². The normalized spacial score (nSPS) is 33.0. The van der Waals surface area contributed by atoms with Gasteiger partial charge in [-0.05, 0) is 68.7 Å². The zero-order chi connectivity index (χ0) is 11.9. The number of anilines is 1. The van der Waals surface area contributed by atoms with E-state index in [0.29, 0.717) is 0 Å². The number of halogens is 1. The fraction of sp³-hybridized carbons (Fsp3) is 0.600. The Morgan fingerprint density at radius 1 is 1.22 bits per heavy atom. The highest BCUT2D eigenvalue weighted by Gasteiger charge is 2.49. The highest BCUT2D eigenvalue weighted by Crippen LogP contribution is 2.52. The van der Waals surface area contributed by atoms with Crippen molar-refractivity contribution in [2.24, 2.45) is 11.8 Å². The third-order valence-corrected chi connectivity index (χ3v) is 4.59. The van der Waals surface area contributed by atoms with Gasteiger partial charge in [0.1, 0.15) is 11.4 Å². The Balaban J connectivity index is 0.00000120. The molecule has 3 atom stereocenters. The topological polar surface area (TPSA) is 21.3 Å². The molecule has 0 heterocycles. The second-order valence-electron chi connectivity index (χ2n) is 5.77. The number of hydrogen-bond donors (Lipinski definition) is 1. The number of rotatable bonds is 3. The van der Waals surface area contributed by atoms with Crippen LogP contribution < -0.4 is 10.1 Å². The minimum atomic E-state index is 0. The van der Waals surface area contributed by atoms with Crippen LogP contribution in [0.15, 0.2) is 24.3 Å². The van der Waals surface area contributed by atoms with Gasteiger partial charge in [-0.25, -0.2) is 0 Å². The molecule has 0 saturated heterocycles. The van der Waals surface area contributed by atoms with Gasteiger partial charge in [-0.3, -0.25) is 0 Å². The minimum Gasteiger partial charge on any atom is -0.487 e. The van der Waals surface area contributed by atoms with Crippen molar-refractivity contribution < 1.29 is 4.74 Å².